The van der Waals surface area contributed by atoms with Crippen molar-refractivity contribution in [3.8, 4) is 0 Å². The van der Waals surface area contributed by atoms with Gasteiger partial charge in [0.05, 0.1) is 25.3 Å². The van der Waals surface area contributed by atoms with E-state index >= 15 is 0 Å². The van der Waals surface area contributed by atoms with Crippen LogP contribution in [0.2, 0.25) is 0 Å². The quantitative estimate of drug-likeness (QED) is 0.455. The van der Waals surface area contributed by atoms with Gasteiger partial charge in [0.1, 0.15) is 5.82 Å². The number of carbonyl (C=O) groups is 2. The minimum atomic E-state index is -0.432. The molecule has 0 radical (unpaired) electrons. The lowest BCUT2D eigenvalue weighted by Crippen LogP contribution is -2.02. The summed E-state index contributed by atoms with van der Waals surface area (Å²) in [7, 11) is 2.64. The number of carbonyl (C=O) groups excluding carboxylic acids is 2. The fraction of sp³-hybridized carbons (Fsp3) is 0.0833. The molecular weight excluding hydrogens is 371 g/mol. The van der Waals surface area contributed by atoms with E-state index in [4.69, 9.17) is 9.47 Å². The number of halogens is 1. The number of methoxy groups -OCH3 is 2. The van der Waals surface area contributed by atoms with Crippen LogP contribution in [0.3, 0.4) is 0 Å². The Bertz CT molecular complexity index is 989. The molecule has 0 aromatic heterocycles. The Morgan fingerprint density at radius 3 is 1.52 bits per heavy atom. The Balaban J connectivity index is 2.08. The lowest BCUT2D eigenvalue weighted by atomic mass is 9.94. The summed E-state index contributed by atoms with van der Waals surface area (Å²) in [6.07, 6.45) is 1.73. The molecule has 0 unspecified atom stereocenters. The fourth-order valence-corrected chi connectivity index (χ4v) is 2.89. The third-order valence-corrected chi connectivity index (χ3v) is 4.44. The van der Waals surface area contributed by atoms with Gasteiger partial charge in [0.15, 0.2) is 0 Å². The van der Waals surface area contributed by atoms with Crippen molar-refractivity contribution in [1.29, 1.82) is 0 Å². The molecule has 146 valence electrons. The lowest BCUT2D eigenvalue weighted by molar-refractivity contribution is 0.0592. The van der Waals surface area contributed by atoms with Crippen LogP contribution in [0.5, 0.6) is 0 Å². The van der Waals surface area contributed by atoms with Gasteiger partial charge in [0, 0.05) is 5.56 Å². The van der Waals surface area contributed by atoms with Crippen molar-refractivity contribution < 1.29 is 23.5 Å². The van der Waals surface area contributed by atoms with Gasteiger partial charge < -0.3 is 9.47 Å². The van der Waals surface area contributed by atoms with Crippen LogP contribution in [0, 0.1) is 5.82 Å². The second-order valence-electron chi connectivity index (χ2n) is 6.22. The van der Waals surface area contributed by atoms with E-state index in [2.05, 4.69) is 0 Å². The van der Waals surface area contributed by atoms with E-state index in [1.165, 1.54) is 20.3 Å². The highest BCUT2D eigenvalue weighted by Gasteiger charge is 2.12. The molecule has 0 N–H and O–H groups in total. The largest absolute Gasteiger partial charge is 0.465 e. The Labute approximate surface area is 168 Å². The monoisotopic (exact) mass is 390 g/mol. The van der Waals surface area contributed by atoms with Crippen LogP contribution in [-0.4, -0.2) is 26.2 Å². The number of hydrogen-bond donors (Lipinski definition) is 0. The second-order valence-corrected chi connectivity index (χ2v) is 6.22. The highest BCUT2D eigenvalue weighted by atomic mass is 19.1. The van der Waals surface area contributed by atoms with Crippen molar-refractivity contribution in [3.05, 3.63) is 106 Å². The molecule has 0 aliphatic rings. The maximum Gasteiger partial charge on any atom is 0.337 e. The minimum Gasteiger partial charge on any atom is -0.465 e. The first-order valence-corrected chi connectivity index (χ1v) is 8.87. The van der Waals surface area contributed by atoms with E-state index in [1.807, 2.05) is 0 Å². The van der Waals surface area contributed by atoms with Crippen LogP contribution in [-0.2, 0) is 9.47 Å². The standard InChI is InChI=1S/C24H19FO4/c1-28-23(26)18-11-7-16(8-12-18)21(15-20-5-3-4-6-22(20)25)17-9-13-19(14-10-17)24(27)29-2/h3-15H,1-2H3. The Morgan fingerprint density at radius 2 is 1.10 bits per heavy atom. The maximum atomic E-state index is 14.2. The first-order valence-electron chi connectivity index (χ1n) is 8.87. The van der Waals surface area contributed by atoms with Crippen molar-refractivity contribution in [2.45, 2.75) is 0 Å². The molecule has 4 nitrogen and oxygen atoms in total. The number of rotatable bonds is 5. The highest BCUT2D eigenvalue weighted by Crippen LogP contribution is 2.28. The summed E-state index contributed by atoms with van der Waals surface area (Å²) in [5.74, 6) is -1.21. The normalized spacial score (nSPS) is 10.2. The first kappa shape index (κ1) is 20.0. The van der Waals surface area contributed by atoms with E-state index < -0.39 is 11.9 Å². The Kier molecular flexibility index (Phi) is 6.19. The molecule has 0 heterocycles. The SMILES string of the molecule is COC(=O)c1ccc(C(=Cc2ccccc2F)c2ccc(C(=O)OC)cc2)cc1. The molecule has 3 aromatic carbocycles. The van der Waals surface area contributed by atoms with Gasteiger partial charge in [0.25, 0.3) is 0 Å². The smallest absolute Gasteiger partial charge is 0.337 e. The molecule has 0 aliphatic carbocycles. The molecule has 0 saturated carbocycles. The molecule has 5 heteroatoms. The van der Waals surface area contributed by atoms with Crippen LogP contribution in [0.25, 0.3) is 11.6 Å². The van der Waals surface area contributed by atoms with E-state index in [0.717, 1.165) is 16.7 Å². The molecule has 0 aliphatic heterocycles. The average Bonchev–Trinajstić information content (AvgIpc) is 2.78. The van der Waals surface area contributed by atoms with Crippen LogP contribution in [0.15, 0.2) is 72.8 Å². The number of esters is 2. The molecule has 29 heavy (non-hydrogen) atoms. The molecule has 3 aromatic rings. The summed E-state index contributed by atoms with van der Waals surface area (Å²) in [5, 5.41) is 0. The molecule has 0 spiro atoms. The first-order chi connectivity index (χ1) is 14.0. The van der Waals surface area contributed by atoms with E-state index in [-0.39, 0.29) is 5.82 Å². The predicted molar refractivity (Wildman–Crippen MR) is 109 cm³/mol. The zero-order chi connectivity index (χ0) is 20.8. The number of hydrogen-bond acceptors (Lipinski definition) is 4. The van der Waals surface area contributed by atoms with E-state index in [1.54, 1.807) is 72.8 Å². The van der Waals surface area contributed by atoms with Crippen LogP contribution in [0.1, 0.15) is 37.4 Å². The summed E-state index contributed by atoms with van der Waals surface area (Å²) in [6.45, 7) is 0. The van der Waals surface area contributed by atoms with Gasteiger partial charge in [-0.05, 0) is 53.1 Å². The summed E-state index contributed by atoms with van der Waals surface area (Å²) in [6, 6.07) is 20.2. The van der Waals surface area contributed by atoms with E-state index in [9.17, 15) is 14.0 Å². The molecule has 0 atom stereocenters. The fourth-order valence-electron chi connectivity index (χ4n) is 2.89. The van der Waals surface area contributed by atoms with Gasteiger partial charge in [-0.3, -0.25) is 0 Å². The highest BCUT2D eigenvalue weighted by molar-refractivity contribution is 5.95. The molecule has 0 amide bonds. The molecule has 0 fully saturated rings. The average molecular weight is 390 g/mol. The van der Waals surface area contributed by atoms with Crippen molar-refractivity contribution >= 4 is 23.6 Å². The van der Waals surface area contributed by atoms with Crippen LogP contribution < -0.4 is 0 Å². The summed E-state index contributed by atoms with van der Waals surface area (Å²) >= 11 is 0. The van der Waals surface area contributed by atoms with Crippen molar-refractivity contribution in [3.63, 3.8) is 0 Å². The van der Waals surface area contributed by atoms with Gasteiger partial charge in [0.2, 0.25) is 0 Å². The van der Waals surface area contributed by atoms with Crippen LogP contribution >= 0.6 is 0 Å². The van der Waals surface area contributed by atoms with Gasteiger partial charge >= 0.3 is 11.9 Å². The van der Waals surface area contributed by atoms with E-state index in [0.29, 0.717) is 16.7 Å². The molecule has 0 bridgehead atoms. The number of ether oxygens (including phenoxy) is 2. The zero-order valence-corrected chi connectivity index (χ0v) is 16.0. The predicted octanol–water partition coefficient (Wildman–Crippen LogP) is 4.99. The third kappa shape index (κ3) is 4.58. The van der Waals surface area contributed by atoms with Gasteiger partial charge in [-0.15, -0.1) is 0 Å². The second kappa shape index (κ2) is 8.97. The summed E-state index contributed by atoms with van der Waals surface area (Å²) in [4.78, 5) is 23.4. The van der Waals surface area contributed by atoms with Gasteiger partial charge in [-0.25, -0.2) is 14.0 Å². The zero-order valence-electron chi connectivity index (χ0n) is 16.0. The lowest BCUT2D eigenvalue weighted by Gasteiger charge is -2.11. The topological polar surface area (TPSA) is 52.6 Å². The molecular formula is C24H19FO4. The number of benzene rings is 3. The third-order valence-electron chi connectivity index (χ3n) is 4.44. The van der Waals surface area contributed by atoms with Gasteiger partial charge in [-0.1, -0.05) is 42.5 Å². The molecule has 3 rings (SSSR count). The minimum absolute atomic E-state index is 0.345. The summed E-state index contributed by atoms with van der Waals surface area (Å²) < 4.78 is 23.7. The van der Waals surface area contributed by atoms with Crippen molar-refractivity contribution in [1.82, 2.24) is 0 Å². The van der Waals surface area contributed by atoms with Gasteiger partial charge in [-0.2, -0.15) is 0 Å². The molecule has 0 saturated heterocycles. The Hall–Kier alpha value is -3.73. The maximum absolute atomic E-state index is 14.2. The Morgan fingerprint density at radius 1 is 0.690 bits per heavy atom. The van der Waals surface area contributed by atoms with Crippen molar-refractivity contribution in [2.24, 2.45) is 0 Å². The summed E-state index contributed by atoms with van der Waals surface area (Å²) in [5.41, 5.74) is 3.57. The van der Waals surface area contributed by atoms with Crippen LogP contribution in [0.4, 0.5) is 4.39 Å². The van der Waals surface area contributed by atoms with Crippen molar-refractivity contribution in [2.75, 3.05) is 14.2 Å².